The van der Waals surface area contributed by atoms with Gasteiger partial charge in [-0.05, 0) is 125 Å². The van der Waals surface area contributed by atoms with Crippen molar-refractivity contribution >= 4 is 118 Å². The van der Waals surface area contributed by atoms with Crippen LogP contribution in [-0.4, -0.2) is 29.5 Å². The zero-order valence-electron chi connectivity index (χ0n) is 16.1. The number of H-pyrrole nitrogens is 1. The first-order chi connectivity index (χ1) is 14.8. The molecule has 0 aliphatic heterocycles. The highest BCUT2D eigenvalue weighted by Crippen LogP contribution is 2.07. The number of nitrogens with two attached hydrogens (primary N) is 1. The van der Waals surface area contributed by atoms with Crippen LogP contribution in [0.2, 0.25) is 0 Å². The summed E-state index contributed by atoms with van der Waals surface area (Å²) < 4.78 is 11.8. The smallest absolute Gasteiger partial charge is 0.308 e. The summed E-state index contributed by atoms with van der Waals surface area (Å²) in [5.74, 6) is 5.78. The lowest BCUT2D eigenvalue weighted by atomic mass is 10.5. The number of fused-ring (bicyclic) bond motifs is 1. The number of hydrogen-bond acceptors (Lipinski definition) is 6. The number of anilines is 1. The quantitative estimate of drug-likeness (QED) is 0.0807. The van der Waals surface area contributed by atoms with E-state index in [4.69, 9.17) is 7.21 Å². The second-order valence-electron chi connectivity index (χ2n) is 4.91. The van der Waals surface area contributed by atoms with Gasteiger partial charge in [0, 0.05) is 30.7 Å². The van der Waals surface area contributed by atoms with Crippen LogP contribution in [0.25, 0.3) is 5.65 Å². The number of nitrogen functional groups attached to an aromatic ring is 1. The van der Waals surface area contributed by atoms with Gasteiger partial charge in [0.1, 0.15) is 10.4 Å². The van der Waals surface area contributed by atoms with E-state index in [2.05, 4.69) is 109 Å². The summed E-state index contributed by atoms with van der Waals surface area (Å²) in [4.78, 5) is 19.4. The van der Waals surface area contributed by atoms with Crippen LogP contribution in [0.4, 0.5) is 5.82 Å². The Morgan fingerprint density at radius 1 is 1.07 bits per heavy atom. The molecule has 0 aromatic carbocycles. The molecule has 8 nitrogen and oxygen atoms in total. The van der Waals surface area contributed by atoms with Gasteiger partial charge in [-0.25, -0.2) is 30.1 Å². The van der Waals surface area contributed by atoms with Crippen molar-refractivity contribution in [3.05, 3.63) is 80.8 Å². The molecule has 0 aliphatic carbocycles. The van der Waals surface area contributed by atoms with Gasteiger partial charge >= 0.3 is 5.69 Å². The Hall–Kier alpha value is -0.120. The fraction of sp³-hybridized carbons (Fsp3) is 0.0588. The number of hydrogen-bond donors (Lipinski definition) is 3. The summed E-state index contributed by atoms with van der Waals surface area (Å²) in [5.41, 5.74) is 2.89. The number of nitrogens with one attached hydrogen (secondary N) is 2. The number of hydrazine groups is 1. The number of nitrogens with zero attached hydrogens (tertiary/aromatic N) is 4. The molecule has 4 rings (SSSR count). The predicted octanol–water partition coefficient (Wildman–Crippen LogP) is 5.10. The lowest BCUT2D eigenvalue weighted by Gasteiger charge is -1.95. The van der Waals surface area contributed by atoms with Gasteiger partial charge in [0.15, 0.2) is 5.65 Å². The molecule has 13 heteroatoms. The van der Waals surface area contributed by atoms with Crippen LogP contribution >= 0.6 is 106 Å². The molecular weight excluding hydrogens is 906 g/mol. The van der Waals surface area contributed by atoms with Crippen LogP contribution in [0.5, 0.6) is 0 Å². The third kappa shape index (κ3) is 10.5. The van der Waals surface area contributed by atoms with Crippen molar-refractivity contribution in [2.75, 3.05) is 10.3 Å². The average molecular weight is 923 g/mol. The summed E-state index contributed by atoms with van der Waals surface area (Å²) in [7, 11) is 0. The van der Waals surface area contributed by atoms with Crippen molar-refractivity contribution in [2.24, 2.45) is 5.84 Å². The third-order valence-electron chi connectivity index (χ3n) is 2.94. The first kappa shape index (κ1) is 26.1. The van der Waals surface area contributed by atoms with Crippen LogP contribution in [-0.2, 0) is 0 Å². The van der Waals surface area contributed by atoms with E-state index >= 15 is 0 Å². The molecule has 0 saturated carbocycles. The van der Waals surface area contributed by atoms with E-state index in [1.54, 1.807) is 18.5 Å². The normalized spacial score (nSPS) is 9.73. The van der Waals surface area contributed by atoms with Gasteiger partial charge in [0.05, 0.1) is 0 Å². The van der Waals surface area contributed by atoms with Crippen LogP contribution in [0.15, 0.2) is 64.4 Å². The predicted molar refractivity (Wildman–Crippen MR) is 158 cm³/mol. The second kappa shape index (κ2) is 15.6. The highest BCUT2D eigenvalue weighted by molar-refractivity contribution is 14.1. The van der Waals surface area contributed by atoms with Crippen LogP contribution in [0.3, 0.4) is 0 Å². The molecule has 4 aromatic heterocycles. The fourth-order valence-corrected chi connectivity index (χ4v) is 3.03. The number of pyridine rings is 3. The van der Waals surface area contributed by atoms with Gasteiger partial charge in [-0.1, -0.05) is 22.6 Å². The SMILES string of the molecule is Brc1ccc(I)cn1.NNc1ccc(I)cn1.O=c1[nH]nc2ccc(I)cn12.[2H]CI. The Labute approximate surface area is 237 Å². The topological polar surface area (TPSA) is 114 Å². The van der Waals surface area contributed by atoms with E-state index in [0.29, 0.717) is 16.4 Å². The first-order valence-corrected chi connectivity index (χ1v) is 13.3. The summed E-state index contributed by atoms with van der Waals surface area (Å²) in [6, 6.07) is 11.4. The van der Waals surface area contributed by atoms with Gasteiger partial charge in [-0.3, -0.25) is 0 Å². The number of alkyl halides is 1. The molecule has 4 heterocycles. The van der Waals surface area contributed by atoms with Gasteiger partial charge in [-0.15, -0.1) is 0 Å². The van der Waals surface area contributed by atoms with Crippen molar-refractivity contribution in [1.29, 1.82) is 0 Å². The Bertz CT molecular complexity index is 1070. The number of halogens is 5. The second-order valence-corrected chi connectivity index (χ2v) is 9.46. The molecule has 0 amide bonds. The van der Waals surface area contributed by atoms with Crippen LogP contribution < -0.4 is 17.0 Å². The van der Waals surface area contributed by atoms with Crippen molar-refractivity contribution < 1.29 is 1.37 Å². The zero-order valence-corrected chi connectivity index (χ0v) is 25.3. The Morgan fingerprint density at radius 2 is 1.67 bits per heavy atom. The van der Waals surface area contributed by atoms with Gasteiger partial charge in [0.2, 0.25) is 0 Å². The minimum atomic E-state index is -0.196. The maximum atomic E-state index is 11.0. The van der Waals surface area contributed by atoms with E-state index in [1.165, 1.54) is 4.40 Å². The first-order valence-electron chi connectivity index (χ1n) is 8.44. The maximum absolute atomic E-state index is 11.0. The largest absolute Gasteiger partial charge is 0.347 e. The maximum Gasteiger partial charge on any atom is 0.347 e. The molecule has 0 radical (unpaired) electrons. The molecule has 0 saturated heterocycles. The van der Waals surface area contributed by atoms with Gasteiger partial charge in [-0.2, -0.15) is 5.10 Å². The highest BCUT2D eigenvalue weighted by Gasteiger charge is 1.97. The molecule has 4 N–H and O–H groups in total. The average Bonchev–Trinajstić information content (AvgIpc) is 3.12. The lowest BCUT2D eigenvalue weighted by Crippen LogP contribution is -2.08. The molecule has 0 fully saturated rings. The van der Waals surface area contributed by atoms with E-state index in [-0.39, 0.29) is 5.69 Å². The molecule has 0 spiro atoms. The molecule has 0 atom stereocenters. The third-order valence-corrected chi connectivity index (χ3v) is 5.33. The molecule has 0 aliphatic rings. The number of aromatic nitrogens is 5. The summed E-state index contributed by atoms with van der Waals surface area (Å²) >= 11 is 11.7. The zero-order chi connectivity index (χ0) is 23.2. The van der Waals surface area contributed by atoms with Crippen molar-refractivity contribution in [2.45, 2.75) is 0 Å². The van der Waals surface area contributed by atoms with Crippen molar-refractivity contribution in [1.82, 2.24) is 24.6 Å². The molecule has 4 aromatic rings. The van der Waals surface area contributed by atoms with E-state index in [1.807, 2.05) is 59.1 Å². The highest BCUT2D eigenvalue weighted by atomic mass is 127. The summed E-state index contributed by atoms with van der Waals surface area (Å²) in [6.07, 6.45) is 5.29. The summed E-state index contributed by atoms with van der Waals surface area (Å²) in [6.45, 7) is 0. The van der Waals surface area contributed by atoms with Crippen LogP contribution in [0.1, 0.15) is 1.37 Å². The minimum absolute atomic E-state index is 0.196. The van der Waals surface area contributed by atoms with Crippen LogP contribution in [0, 0.1) is 10.7 Å². The van der Waals surface area contributed by atoms with E-state index < -0.39 is 0 Å². The molecule has 0 unspecified atom stereocenters. The van der Waals surface area contributed by atoms with Gasteiger partial charge in [0.25, 0.3) is 0 Å². The Kier molecular flexibility index (Phi) is 13.6. The van der Waals surface area contributed by atoms with E-state index in [9.17, 15) is 4.79 Å². The molecule has 30 heavy (non-hydrogen) atoms. The molecule has 160 valence electrons. The summed E-state index contributed by atoms with van der Waals surface area (Å²) in [5, 5.41) is 6.14. The van der Waals surface area contributed by atoms with Crippen molar-refractivity contribution in [3.63, 3.8) is 0 Å². The number of rotatable bonds is 1. The fourth-order valence-electron chi connectivity index (χ4n) is 1.70. The molecular formula is C17H16BrI4N7O. The van der Waals surface area contributed by atoms with Gasteiger partial charge < -0.3 is 5.43 Å². The lowest BCUT2D eigenvalue weighted by molar-refractivity contribution is 1.02. The van der Waals surface area contributed by atoms with E-state index in [0.717, 1.165) is 15.3 Å². The standard InChI is InChI=1S/C6H4IN3O.C5H3BrIN.C5H6IN3.CH3I/c7-4-1-2-5-8-9-6(11)10(5)3-4;6-5-2-1-4(7)3-8-5;6-4-1-2-5(9-7)8-3-4;1-2/h1-3H,(H,9,11);1-3H;1-3H,7H2,(H,8,9);1H3/i;;;1D. The van der Waals surface area contributed by atoms with Crippen molar-refractivity contribution in [3.8, 4) is 0 Å². The molecule has 0 bridgehead atoms. The monoisotopic (exact) mass is 922 g/mol. The number of aromatic amines is 1. The minimum Gasteiger partial charge on any atom is -0.308 e. The Morgan fingerprint density at radius 3 is 2.17 bits per heavy atom. The Balaban J connectivity index is 0.000000221.